The summed E-state index contributed by atoms with van der Waals surface area (Å²) in [5, 5.41) is 7.52. The lowest BCUT2D eigenvalue weighted by Gasteiger charge is -2.15. The number of nitrogens with one attached hydrogen (secondary N) is 1. The third-order valence-electron chi connectivity index (χ3n) is 2.81. The maximum Gasteiger partial charge on any atom is 0.129 e. The van der Waals surface area contributed by atoms with Crippen molar-refractivity contribution < 1.29 is 4.39 Å². The summed E-state index contributed by atoms with van der Waals surface area (Å²) in [6.07, 6.45) is 1.89. The minimum atomic E-state index is -0.217. The number of hydrogen-bond acceptors (Lipinski definition) is 2. The topological polar surface area (TPSA) is 29.9 Å². The number of benzene rings is 1. The van der Waals surface area contributed by atoms with Crippen LogP contribution in [0.2, 0.25) is 0 Å². The van der Waals surface area contributed by atoms with Crippen LogP contribution >= 0.6 is 15.9 Å². The van der Waals surface area contributed by atoms with E-state index in [1.54, 1.807) is 10.7 Å². The van der Waals surface area contributed by atoms with Gasteiger partial charge in [-0.2, -0.15) is 5.10 Å². The van der Waals surface area contributed by atoms with Crippen molar-refractivity contribution in [3.8, 4) is 0 Å². The van der Waals surface area contributed by atoms with E-state index in [2.05, 4.69) is 26.3 Å². The van der Waals surface area contributed by atoms with E-state index in [0.717, 1.165) is 15.9 Å². The monoisotopic (exact) mass is 311 g/mol. The van der Waals surface area contributed by atoms with Crippen molar-refractivity contribution >= 4 is 21.6 Å². The van der Waals surface area contributed by atoms with Gasteiger partial charge in [-0.25, -0.2) is 4.39 Å². The minimum absolute atomic E-state index is 0.110. The van der Waals surface area contributed by atoms with E-state index >= 15 is 0 Å². The van der Waals surface area contributed by atoms with Crippen molar-refractivity contribution in [2.24, 2.45) is 7.05 Å². The molecule has 0 aliphatic rings. The van der Waals surface area contributed by atoms with Crippen molar-refractivity contribution in [1.29, 1.82) is 0 Å². The Morgan fingerprint density at radius 3 is 2.72 bits per heavy atom. The van der Waals surface area contributed by atoms with Crippen LogP contribution in [0.5, 0.6) is 0 Å². The standard InChI is InChI=1S/C13H15BrFN3/c1-8(11-5-4-10(14)6-12(11)15)16-13-7-18(3)17-9(13)2/h4-8,16H,1-3H3. The molecule has 1 N–H and O–H groups in total. The highest BCUT2D eigenvalue weighted by Crippen LogP contribution is 2.25. The average Bonchev–Trinajstić information content (AvgIpc) is 2.57. The van der Waals surface area contributed by atoms with Crippen LogP contribution in [-0.2, 0) is 7.05 Å². The van der Waals surface area contributed by atoms with E-state index in [1.165, 1.54) is 6.07 Å². The fourth-order valence-corrected chi connectivity index (χ4v) is 2.24. The minimum Gasteiger partial charge on any atom is -0.376 e. The number of anilines is 1. The van der Waals surface area contributed by atoms with Gasteiger partial charge in [0.25, 0.3) is 0 Å². The van der Waals surface area contributed by atoms with Gasteiger partial charge < -0.3 is 5.32 Å². The normalized spacial score (nSPS) is 12.5. The van der Waals surface area contributed by atoms with Crippen LogP contribution in [0, 0.1) is 12.7 Å². The molecular weight excluding hydrogens is 297 g/mol. The molecule has 0 saturated carbocycles. The Balaban J connectivity index is 2.21. The lowest BCUT2D eigenvalue weighted by molar-refractivity contribution is 0.599. The van der Waals surface area contributed by atoms with E-state index in [4.69, 9.17) is 0 Å². The first-order chi connectivity index (χ1) is 8.47. The van der Waals surface area contributed by atoms with Gasteiger partial charge in [-0.3, -0.25) is 4.68 Å². The summed E-state index contributed by atoms with van der Waals surface area (Å²) in [6.45, 7) is 3.85. The second-order valence-corrected chi connectivity index (χ2v) is 5.25. The molecule has 0 spiro atoms. The Bertz CT molecular complexity index is 565. The molecule has 0 aliphatic carbocycles. The van der Waals surface area contributed by atoms with Crippen molar-refractivity contribution in [3.05, 3.63) is 45.9 Å². The molecule has 5 heteroatoms. The van der Waals surface area contributed by atoms with E-state index in [0.29, 0.717) is 5.56 Å². The summed E-state index contributed by atoms with van der Waals surface area (Å²) in [7, 11) is 1.86. The van der Waals surface area contributed by atoms with Gasteiger partial charge in [0.2, 0.25) is 0 Å². The Morgan fingerprint density at radius 1 is 1.44 bits per heavy atom. The summed E-state index contributed by atoms with van der Waals surface area (Å²) in [4.78, 5) is 0. The highest BCUT2D eigenvalue weighted by atomic mass is 79.9. The van der Waals surface area contributed by atoms with Gasteiger partial charge >= 0.3 is 0 Å². The summed E-state index contributed by atoms with van der Waals surface area (Å²) in [6, 6.07) is 4.99. The number of hydrogen-bond donors (Lipinski definition) is 1. The molecule has 1 aromatic carbocycles. The molecule has 0 saturated heterocycles. The molecule has 1 unspecified atom stereocenters. The van der Waals surface area contributed by atoms with Crippen LogP contribution in [0.25, 0.3) is 0 Å². The van der Waals surface area contributed by atoms with Crippen LogP contribution in [0.1, 0.15) is 24.2 Å². The number of halogens is 2. The highest BCUT2D eigenvalue weighted by molar-refractivity contribution is 9.10. The summed E-state index contributed by atoms with van der Waals surface area (Å²) in [5.41, 5.74) is 2.47. The predicted octanol–water partition coefficient (Wildman–Crippen LogP) is 3.80. The zero-order chi connectivity index (χ0) is 13.3. The molecule has 0 bridgehead atoms. The molecular formula is C13H15BrFN3. The van der Waals surface area contributed by atoms with Crippen LogP contribution in [-0.4, -0.2) is 9.78 Å². The van der Waals surface area contributed by atoms with Gasteiger partial charge in [0, 0.05) is 23.3 Å². The lowest BCUT2D eigenvalue weighted by Crippen LogP contribution is -2.08. The smallest absolute Gasteiger partial charge is 0.129 e. The van der Waals surface area contributed by atoms with E-state index < -0.39 is 0 Å². The summed E-state index contributed by atoms with van der Waals surface area (Å²) < 4.78 is 16.3. The number of aryl methyl sites for hydroxylation is 2. The van der Waals surface area contributed by atoms with Crippen molar-refractivity contribution in [2.45, 2.75) is 19.9 Å². The first-order valence-electron chi connectivity index (χ1n) is 5.69. The Hall–Kier alpha value is -1.36. The average molecular weight is 312 g/mol. The van der Waals surface area contributed by atoms with Gasteiger partial charge in [0.15, 0.2) is 0 Å². The summed E-state index contributed by atoms with van der Waals surface area (Å²) >= 11 is 3.25. The molecule has 18 heavy (non-hydrogen) atoms. The molecule has 0 radical (unpaired) electrons. The third kappa shape index (κ3) is 2.72. The van der Waals surface area contributed by atoms with Crippen LogP contribution in [0.3, 0.4) is 0 Å². The van der Waals surface area contributed by atoms with Gasteiger partial charge in [0.05, 0.1) is 17.4 Å². The molecule has 1 aromatic heterocycles. The maximum absolute atomic E-state index is 13.8. The van der Waals surface area contributed by atoms with Gasteiger partial charge in [-0.15, -0.1) is 0 Å². The predicted molar refractivity (Wildman–Crippen MR) is 74.1 cm³/mol. The molecule has 96 valence electrons. The highest BCUT2D eigenvalue weighted by Gasteiger charge is 2.13. The molecule has 1 atom stereocenters. The second-order valence-electron chi connectivity index (χ2n) is 4.33. The molecule has 0 fully saturated rings. The van der Waals surface area contributed by atoms with Crippen molar-refractivity contribution in [3.63, 3.8) is 0 Å². The molecule has 3 nitrogen and oxygen atoms in total. The molecule has 2 aromatic rings. The Kier molecular flexibility index (Phi) is 3.71. The fraction of sp³-hybridized carbons (Fsp3) is 0.308. The molecule has 2 rings (SSSR count). The lowest BCUT2D eigenvalue weighted by atomic mass is 10.1. The zero-order valence-corrected chi connectivity index (χ0v) is 12.1. The van der Waals surface area contributed by atoms with Gasteiger partial charge in [-0.1, -0.05) is 22.0 Å². The quantitative estimate of drug-likeness (QED) is 0.934. The maximum atomic E-state index is 13.8. The zero-order valence-electron chi connectivity index (χ0n) is 10.5. The molecule has 0 aliphatic heterocycles. The number of aromatic nitrogens is 2. The van der Waals surface area contributed by atoms with E-state index in [-0.39, 0.29) is 11.9 Å². The molecule has 0 amide bonds. The Morgan fingerprint density at radius 2 is 2.17 bits per heavy atom. The number of nitrogens with zero attached hydrogens (tertiary/aromatic N) is 2. The van der Waals surface area contributed by atoms with Crippen molar-refractivity contribution in [2.75, 3.05) is 5.32 Å². The first kappa shape index (κ1) is 13.1. The van der Waals surface area contributed by atoms with Gasteiger partial charge in [0.1, 0.15) is 5.82 Å². The van der Waals surface area contributed by atoms with Crippen LogP contribution in [0.15, 0.2) is 28.9 Å². The summed E-state index contributed by atoms with van der Waals surface area (Å²) in [5.74, 6) is -0.217. The van der Waals surface area contributed by atoms with Gasteiger partial charge in [-0.05, 0) is 26.0 Å². The largest absolute Gasteiger partial charge is 0.376 e. The fourth-order valence-electron chi connectivity index (χ4n) is 1.90. The second kappa shape index (κ2) is 5.10. The van der Waals surface area contributed by atoms with E-state index in [9.17, 15) is 4.39 Å². The van der Waals surface area contributed by atoms with Crippen LogP contribution < -0.4 is 5.32 Å². The third-order valence-corrected chi connectivity index (χ3v) is 3.31. The number of rotatable bonds is 3. The van der Waals surface area contributed by atoms with E-state index in [1.807, 2.05) is 33.2 Å². The molecule has 1 heterocycles. The van der Waals surface area contributed by atoms with Crippen molar-refractivity contribution in [1.82, 2.24) is 9.78 Å². The SMILES string of the molecule is Cc1nn(C)cc1NC(C)c1ccc(Br)cc1F. The first-order valence-corrected chi connectivity index (χ1v) is 6.48. The Labute approximate surface area is 114 Å². The van der Waals surface area contributed by atoms with Crippen LogP contribution in [0.4, 0.5) is 10.1 Å².